The Morgan fingerprint density at radius 3 is 2.67 bits per heavy atom. The van der Waals surface area contributed by atoms with Crippen LogP contribution in [0.5, 0.6) is 0 Å². The topological polar surface area (TPSA) is 9.23 Å². The molecule has 2 heteroatoms. The Hall–Kier alpha value is -0.190. The van der Waals surface area contributed by atoms with Crippen LogP contribution in [-0.4, -0.2) is 13.7 Å². The highest BCUT2D eigenvalue weighted by Crippen LogP contribution is 1.63. The number of hydrogen-bond acceptors (Lipinski definition) is 1. The van der Waals surface area contributed by atoms with Crippen LogP contribution in [0.25, 0.3) is 0 Å². The van der Waals surface area contributed by atoms with Crippen molar-refractivity contribution in [2.24, 2.45) is 0 Å². The molecule has 1 nitrogen and oxygen atoms in total. The zero-order chi connectivity index (χ0) is 4.83. The van der Waals surface area contributed by atoms with E-state index in [1.165, 1.54) is 0 Å². The van der Waals surface area contributed by atoms with Crippen molar-refractivity contribution in [1.29, 1.82) is 0 Å². The van der Waals surface area contributed by atoms with Gasteiger partial charge in [0.05, 0.1) is 0 Å². The van der Waals surface area contributed by atoms with Crippen molar-refractivity contribution in [3.05, 3.63) is 0 Å². The Bertz CT molecular complexity index is 69.4. The summed E-state index contributed by atoms with van der Waals surface area (Å²) in [7, 11) is 1.57. The van der Waals surface area contributed by atoms with Crippen molar-refractivity contribution in [3.63, 3.8) is 0 Å². The van der Waals surface area contributed by atoms with Crippen molar-refractivity contribution in [2.75, 3.05) is 13.7 Å². The number of rotatable bonds is 1. The molecule has 0 aromatic carbocycles. The third-order valence-corrected chi connectivity index (χ3v) is 0.417. The van der Waals surface area contributed by atoms with Gasteiger partial charge in [-0.3, -0.25) is 0 Å². The molecule has 0 amide bonds. The van der Waals surface area contributed by atoms with E-state index in [0.717, 1.165) is 0 Å². The van der Waals surface area contributed by atoms with Crippen LogP contribution in [0.15, 0.2) is 0 Å². The van der Waals surface area contributed by atoms with Crippen LogP contribution < -0.4 is 0 Å². The second-order valence-corrected chi connectivity index (χ2v) is 0.893. The van der Waals surface area contributed by atoms with Gasteiger partial charge in [-0.15, -0.1) is 0 Å². The van der Waals surface area contributed by atoms with Gasteiger partial charge >= 0.3 is 0 Å². The summed E-state index contributed by atoms with van der Waals surface area (Å²) < 4.78 is 4.52. The van der Waals surface area contributed by atoms with E-state index in [9.17, 15) is 0 Å². The number of methoxy groups -OCH3 is 1. The summed E-state index contributed by atoms with van der Waals surface area (Å²) in [5, 5.41) is 2.17. The molecule has 0 bridgehead atoms. The van der Waals surface area contributed by atoms with Crippen molar-refractivity contribution in [1.82, 2.24) is 0 Å². The van der Waals surface area contributed by atoms with Crippen LogP contribution in [0.3, 0.4) is 0 Å². The molecule has 0 atom stereocenters. The Morgan fingerprint density at radius 1 is 1.83 bits per heavy atom. The number of ether oxygens (including phenoxy) is 1. The molecule has 0 aliphatic rings. The van der Waals surface area contributed by atoms with Gasteiger partial charge in [0.25, 0.3) is 0 Å². The van der Waals surface area contributed by atoms with Crippen LogP contribution in [0.2, 0.25) is 0 Å². The van der Waals surface area contributed by atoms with E-state index < -0.39 is 0 Å². The lowest BCUT2D eigenvalue weighted by Gasteiger charge is -1.77. The van der Waals surface area contributed by atoms with Gasteiger partial charge in [-0.25, -0.2) is 0 Å². The van der Waals surface area contributed by atoms with Gasteiger partial charge in [0.15, 0.2) is 0 Å². The third-order valence-electron chi connectivity index (χ3n) is 0.283. The van der Waals surface area contributed by atoms with Crippen LogP contribution in [-0.2, 0) is 4.74 Å². The smallest absolute Gasteiger partial charge is 0.108 e. The van der Waals surface area contributed by atoms with Gasteiger partial charge in [0, 0.05) is 12.5 Å². The molecule has 0 unspecified atom stereocenters. The summed E-state index contributed by atoms with van der Waals surface area (Å²) in [5.74, 6) is 2.49. The summed E-state index contributed by atoms with van der Waals surface area (Å²) in [6, 6.07) is 0. The Kier molecular flexibility index (Phi) is 4.66. The fourth-order valence-electron chi connectivity index (χ4n) is 0.0994. The summed E-state index contributed by atoms with van der Waals surface area (Å²) in [4.78, 5) is 0. The average Bonchev–Trinajstić information content (AvgIpc) is 1.61. The molecule has 0 aromatic rings. The number of halogens is 1. The fourth-order valence-corrected chi connectivity index (χ4v) is 0.154. The molecule has 34 valence electrons. The first-order valence-corrected chi connectivity index (χ1v) is 1.87. The SMILES string of the molecule is COCC#CCl. The molecule has 0 heterocycles. The van der Waals surface area contributed by atoms with E-state index in [1.54, 1.807) is 7.11 Å². The highest BCUT2D eigenvalue weighted by atomic mass is 35.5. The normalized spacial score (nSPS) is 6.33. The van der Waals surface area contributed by atoms with Gasteiger partial charge < -0.3 is 4.74 Å². The van der Waals surface area contributed by atoms with Gasteiger partial charge in [-0.2, -0.15) is 0 Å². The monoisotopic (exact) mass is 104 g/mol. The molecule has 0 aromatic heterocycles. The maximum atomic E-state index is 4.94. The molecule has 0 radical (unpaired) electrons. The van der Waals surface area contributed by atoms with E-state index >= 15 is 0 Å². The quantitative estimate of drug-likeness (QED) is 0.448. The molecular formula is C4H5ClO. The summed E-state index contributed by atoms with van der Waals surface area (Å²) in [6.45, 7) is 0.420. The van der Waals surface area contributed by atoms with Crippen LogP contribution in [0.1, 0.15) is 0 Å². The largest absolute Gasteiger partial charge is 0.372 e. The molecule has 0 spiro atoms. The molecule has 0 aliphatic carbocycles. The first-order valence-electron chi connectivity index (χ1n) is 1.49. The van der Waals surface area contributed by atoms with E-state index in [2.05, 4.69) is 16.0 Å². The van der Waals surface area contributed by atoms with Crippen LogP contribution in [0.4, 0.5) is 0 Å². The predicted molar refractivity (Wildman–Crippen MR) is 25.5 cm³/mol. The van der Waals surface area contributed by atoms with Crippen LogP contribution >= 0.6 is 11.6 Å². The summed E-state index contributed by atoms with van der Waals surface area (Å²) >= 11 is 4.94. The molecule has 0 aliphatic heterocycles. The number of hydrogen-bond donors (Lipinski definition) is 0. The van der Waals surface area contributed by atoms with Crippen molar-refractivity contribution >= 4 is 11.6 Å². The minimum absolute atomic E-state index is 0.420. The zero-order valence-electron chi connectivity index (χ0n) is 3.49. The van der Waals surface area contributed by atoms with Gasteiger partial charge in [-0.05, 0) is 11.6 Å². The zero-order valence-corrected chi connectivity index (χ0v) is 4.25. The second kappa shape index (κ2) is 4.81. The Labute approximate surface area is 42.3 Å². The third kappa shape index (κ3) is 3.81. The van der Waals surface area contributed by atoms with E-state index in [-0.39, 0.29) is 0 Å². The summed E-state index contributed by atoms with van der Waals surface area (Å²) in [6.07, 6.45) is 0. The lowest BCUT2D eigenvalue weighted by atomic mass is 10.8. The standard InChI is InChI=1S/C4H5ClO/c1-6-4-2-3-5/h4H2,1H3. The van der Waals surface area contributed by atoms with Gasteiger partial charge in [0.2, 0.25) is 0 Å². The highest BCUT2D eigenvalue weighted by molar-refractivity contribution is 6.30. The molecule has 0 rings (SSSR count). The molecular weight excluding hydrogens is 99.5 g/mol. The van der Waals surface area contributed by atoms with Gasteiger partial charge in [-0.1, -0.05) is 5.92 Å². The fraction of sp³-hybridized carbons (Fsp3) is 0.500. The van der Waals surface area contributed by atoms with Gasteiger partial charge in [0.1, 0.15) is 6.61 Å². The lowest BCUT2D eigenvalue weighted by Crippen LogP contribution is -1.78. The minimum Gasteiger partial charge on any atom is -0.372 e. The molecule has 0 fully saturated rings. The van der Waals surface area contributed by atoms with E-state index in [4.69, 9.17) is 11.6 Å². The predicted octanol–water partition coefficient (Wildman–Crippen LogP) is 0.833. The first kappa shape index (κ1) is 5.81. The van der Waals surface area contributed by atoms with Crippen molar-refractivity contribution < 1.29 is 4.74 Å². The minimum atomic E-state index is 0.420. The maximum Gasteiger partial charge on any atom is 0.108 e. The maximum absolute atomic E-state index is 4.94. The highest BCUT2D eigenvalue weighted by Gasteiger charge is 1.61. The molecule has 0 saturated heterocycles. The Morgan fingerprint density at radius 2 is 2.50 bits per heavy atom. The molecule has 0 saturated carbocycles. The Balaban J connectivity index is 2.79. The van der Waals surface area contributed by atoms with Crippen LogP contribution in [0, 0.1) is 11.3 Å². The van der Waals surface area contributed by atoms with E-state index in [0.29, 0.717) is 6.61 Å². The summed E-state index contributed by atoms with van der Waals surface area (Å²) in [5.41, 5.74) is 0. The molecule has 0 N–H and O–H groups in total. The lowest BCUT2D eigenvalue weighted by molar-refractivity contribution is 0.240. The average molecular weight is 105 g/mol. The first-order chi connectivity index (χ1) is 2.91. The van der Waals surface area contributed by atoms with E-state index in [1.807, 2.05) is 0 Å². The van der Waals surface area contributed by atoms with Crippen molar-refractivity contribution in [3.8, 4) is 11.3 Å². The molecule has 6 heavy (non-hydrogen) atoms. The van der Waals surface area contributed by atoms with Crippen molar-refractivity contribution in [2.45, 2.75) is 0 Å². The second-order valence-electron chi connectivity index (χ2n) is 0.704.